The molecule has 0 radical (unpaired) electrons. The van der Waals surface area contributed by atoms with Gasteiger partial charge in [-0.3, -0.25) is 0 Å². The minimum absolute atomic E-state index is 0.0287. The number of likely N-dealkylation sites (N-methyl/N-ethyl adjacent to an activating group) is 1. The van der Waals surface area contributed by atoms with E-state index in [1.54, 1.807) is 0 Å². The number of oxime groups is 1. The molecule has 0 aliphatic rings. The lowest BCUT2D eigenvalue weighted by molar-refractivity contribution is 0.118. The van der Waals surface area contributed by atoms with Crippen molar-refractivity contribution in [1.29, 1.82) is 0 Å². The lowest BCUT2D eigenvalue weighted by atomic mass is 9.84. The highest BCUT2D eigenvalue weighted by Crippen LogP contribution is 2.31. The average molecular weight is 370 g/mol. The zero-order valence-corrected chi connectivity index (χ0v) is 16.3. The Morgan fingerprint density at radius 3 is 2.30 bits per heavy atom. The van der Waals surface area contributed by atoms with Gasteiger partial charge in [0.2, 0.25) is 0 Å². The molecule has 2 rings (SSSR count). The van der Waals surface area contributed by atoms with Gasteiger partial charge in [-0.25, -0.2) is 0 Å². The summed E-state index contributed by atoms with van der Waals surface area (Å²) in [5.74, 6) is 0.168. The van der Waals surface area contributed by atoms with Crippen molar-refractivity contribution in [3.63, 3.8) is 0 Å². The number of rotatable bonds is 10. The first-order chi connectivity index (χ1) is 13.1. The van der Waals surface area contributed by atoms with Crippen molar-refractivity contribution in [2.24, 2.45) is 10.9 Å². The van der Waals surface area contributed by atoms with Gasteiger partial charge in [0.25, 0.3) is 0 Å². The number of hydrogen-bond acceptors (Lipinski definition) is 4. The molecule has 0 bridgehead atoms. The van der Waals surface area contributed by atoms with Crippen molar-refractivity contribution in [1.82, 2.24) is 4.90 Å². The van der Waals surface area contributed by atoms with Crippen LogP contribution < -0.4 is 5.73 Å². The predicted octanol–water partition coefficient (Wildman–Crippen LogP) is 3.20. The van der Waals surface area contributed by atoms with E-state index in [2.05, 4.69) is 48.2 Å². The molecule has 2 unspecified atom stereocenters. The number of benzene rings is 2. The van der Waals surface area contributed by atoms with Crippen LogP contribution in [0.2, 0.25) is 0 Å². The SMILES string of the molecule is CCN(CC)CC(O)Cc1ccccc1C(CC(N)=NO)c1ccccc1. The Hall–Kier alpha value is -2.37. The molecule has 0 amide bonds. The molecule has 5 nitrogen and oxygen atoms in total. The Kier molecular flexibility index (Phi) is 8.30. The smallest absolute Gasteiger partial charge is 0.140 e. The van der Waals surface area contributed by atoms with Crippen molar-refractivity contribution in [2.45, 2.75) is 38.7 Å². The Morgan fingerprint density at radius 1 is 1.04 bits per heavy atom. The van der Waals surface area contributed by atoms with Crippen LogP contribution in [0.5, 0.6) is 0 Å². The minimum atomic E-state index is -0.439. The van der Waals surface area contributed by atoms with Crippen molar-refractivity contribution in [3.05, 3.63) is 71.3 Å². The van der Waals surface area contributed by atoms with E-state index in [-0.39, 0.29) is 11.8 Å². The number of aliphatic hydroxyl groups excluding tert-OH is 1. The zero-order valence-electron chi connectivity index (χ0n) is 16.3. The summed E-state index contributed by atoms with van der Waals surface area (Å²) in [5.41, 5.74) is 9.15. The van der Waals surface area contributed by atoms with Gasteiger partial charge in [0, 0.05) is 18.9 Å². The first kappa shape index (κ1) is 20.9. The molecule has 0 aliphatic carbocycles. The van der Waals surface area contributed by atoms with E-state index in [0.29, 0.717) is 19.4 Å². The maximum atomic E-state index is 10.6. The monoisotopic (exact) mass is 369 g/mol. The van der Waals surface area contributed by atoms with Gasteiger partial charge in [-0.2, -0.15) is 0 Å². The Labute approximate surface area is 162 Å². The van der Waals surface area contributed by atoms with Crippen molar-refractivity contribution < 1.29 is 10.3 Å². The highest BCUT2D eigenvalue weighted by molar-refractivity contribution is 5.81. The van der Waals surface area contributed by atoms with Crippen LogP contribution in [0.15, 0.2) is 59.8 Å². The summed E-state index contributed by atoms with van der Waals surface area (Å²) in [7, 11) is 0. The molecular weight excluding hydrogens is 338 g/mol. The van der Waals surface area contributed by atoms with Crippen LogP contribution in [0.25, 0.3) is 0 Å². The standard InChI is InChI=1S/C22H31N3O2/c1-3-25(4-2)16-19(26)14-18-12-8-9-13-20(18)21(15-22(23)24-27)17-10-6-5-7-11-17/h5-13,19,21,26-27H,3-4,14-16H2,1-2H3,(H2,23,24). The largest absolute Gasteiger partial charge is 0.409 e. The van der Waals surface area contributed by atoms with Crippen LogP contribution in [0.3, 0.4) is 0 Å². The summed E-state index contributed by atoms with van der Waals surface area (Å²) in [6, 6.07) is 18.2. The second kappa shape index (κ2) is 10.7. The number of nitrogens with two attached hydrogens (primary N) is 1. The molecule has 0 spiro atoms. The Bertz CT molecular complexity index is 715. The van der Waals surface area contributed by atoms with Crippen LogP contribution in [-0.4, -0.2) is 46.8 Å². The Balaban J connectivity index is 2.31. The summed E-state index contributed by atoms with van der Waals surface area (Å²) >= 11 is 0. The quantitative estimate of drug-likeness (QED) is 0.260. The molecule has 0 heterocycles. The van der Waals surface area contributed by atoms with Gasteiger partial charge < -0.3 is 20.9 Å². The third kappa shape index (κ3) is 6.08. The van der Waals surface area contributed by atoms with E-state index in [0.717, 1.165) is 29.8 Å². The van der Waals surface area contributed by atoms with Crippen molar-refractivity contribution >= 4 is 5.84 Å². The summed E-state index contributed by atoms with van der Waals surface area (Å²) in [5, 5.41) is 22.8. The normalized spacial score (nSPS) is 14.3. The summed E-state index contributed by atoms with van der Waals surface area (Å²) in [4.78, 5) is 2.22. The fourth-order valence-electron chi connectivity index (χ4n) is 3.50. The van der Waals surface area contributed by atoms with Gasteiger partial charge in [-0.05, 0) is 36.2 Å². The average Bonchev–Trinajstić information content (AvgIpc) is 2.71. The zero-order chi connectivity index (χ0) is 19.6. The molecule has 2 aromatic rings. The molecule has 0 saturated heterocycles. The van der Waals surface area contributed by atoms with Crippen LogP contribution in [0.1, 0.15) is 42.9 Å². The van der Waals surface area contributed by atoms with Crippen LogP contribution in [0, 0.1) is 0 Å². The van der Waals surface area contributed by atoms with E-state index >= 15 is 0 Å². The second-order valence-corrected chi connectivity index (χ2v) is 6.80. The molecule has 0 fully saturated rings. The molecule has 2 aromatic carbocycles. The summed E-state index contributed by atoms with van der Waals surface area (Å²) in [6.07, 6.45) is 0.557. The maximum absolute atomic E-state index is 10.6. The lowest BCUT2D eigenvalue weighted by Gasteiger charge is -2.25. The first-order valence-electron chi connectivity index (χ1n) is 9.58. The topological polar surface area (TPSA) is 82.1 Å². The van der Waals surface area contributed by atoms with E-state index in [4.69, 9.17) is 10.9 Å². The first-order valence-corrected chi connectivity index (χ1v) is 9.58. The molecule has 146 valence electrons. The molecule has 2 atom stereocenters. The number of nitrogens with zero attached hydrogens (tertiary/aromatic N) is 2. The number of hydrogen-bond donors (Lipinski definition) is 3. The fourth-order valence-corrected chi connectivity index (χ4v) is 3.50. The van der Waals surface area contributed by atoms with Crippen molar-refractivity contribution in [2.75, 3.05) is 19.6 Å². The Morgan fingerprint density at radius 2 is 1.67 bits per heavy atom. The van der Waals surface area contributed by atoms with Gasteiger partial charge in [0.1, 0.15) is 5.84 Å². The van der Waals surface area contributed by atoms with Crippen LogP contribution >= 0.6 is 0 Å². The molecule has 4 N–H and O–H groups in total. The minimum Gasteiger partial charge on any atom is -0.409 e. The summed E-state index contributed by atoms with van der Waals surface area (Å²) in [6.45, 7) is 6.70. The molecular formula is C22H31N3O2. The van der Waals surface area contributed by atoms with E-state index in [9.17, 15) is 5.11 Å². The van der Waals surface area contributed by atoms with Gasteiger partial charge in [-0.15, -0.1) is 0 Å². The number of aliphatic hydroxyl groups is 1. The van der Waals surface area contributed by atoms with Crippen molar-refractivity contribution in [3.8, 4) is 0 Å². The summed E-state index contributed by atoms with van der Waals surface area (Å²) < 4.78 is 0. The highest BCUT2D eigenvalue weighted by Gasteiger charge is 2.21. The number of amidine groups is 1. The van der Waals surface area contributed by atoms with Crippen LogP contribution in [-0.2, 0) is 6.42 Å². The third-order valence-electron chi connectivity index (χ3n) is 4.99. The fraction of sp³-hybridized carbons (Fsp3) is 0.409. The third-order valence-corrected chi connectivity index (χ3v) is 4.99. The molecule has 5 heteroatoms. The lowest BCUT2D eigenvalue weighted by Crippen LogP contribution is -2.33. The van der Waals surface area contributed by atoms with Gasteiger partial charge in [0.15, 0.2) is 0 Å². The predicted molar refractivity (Wildman–Crippen MR) is 110 cm³/mol. The van der Waals surface area contributed by atoms with Gasteiger partial charge >= 0.3 is 0 Å². The van der Waals surface area contributed by atoms with E-state index < -0.39 is 6.10 Å². The molecule has 27 heavy (non-hydrogen) atoms. The van der Waals surface area contributed by atoms with Gasteiger partial charge in [0.05, 0.1) is 6.10 Å². The molecule has 0 saturated carbocycles. The van der Waals surface area contributed by atoms with Gasteiger partial charge in [-0.1, -0.05) is 73.6 Å². The molecule has 0 aliphatic heterocycles. The maximum Gasteiger partial charge on any atom is 0.140 e. The van der Waals surface area contributed by atoms with E-state index in [1.807, 2.05) is 30.3 Å². The van der Waals surface area contributed by atoms with Crippen LogP contribution in [0.4, 0.5) is 0 Å². The highest BCUT2D eigenvalue weighted by atomic mass is 16.4. The second-order valence-electron chi connectivity index (χ2n) is 6.80. The molecule has 0 aromatic heterocycles. The van der Waals surface area contributed by atoms with E-state index in [1.165, 1.54) is 0 Å².